The Morgan fingerprint density at radius 2 is 1.06 bits per heavy atom. The summed E-state index contributed by atoms with van der Waals surface area (Å²) in [5, 5.41) is 54.4. The van der Waals surface area contributed by atoms with Crippen molar-refractivity contribution in [3.8, 4) is 5.75 Å². The number of Topliss-reactive ketones (excluding diaryl/α,β-unsaturated/α-hetero) is 2. The Hall–Kier alpha value is -12.4. The number of carbonyl (C=O) groups excluding carboxylic acids is 16. The number of aliphatic hydroxyl groups excluding tert-OH is 1. The van der Waals surface area contributed by atoms with Gasteiger partial charge in [-0.05, 0) is 112 Å². The van der Waals surface area contributed by atoms with Crippen LogP contribution in [-0.4, -0.2) is 313 Å². The second-order valence-corrected chi connectivity index (χ2v) is 34.8. The summed E-state index contributed by atoms with van der Waals surface area (Å²) >= 11 is 0.843. The molecule has 8 rings (SSSR count). The highest BCUT2D eigenvalue weighted by molar-refractivity contribution is 8.00. The number of carboxylic acid groups (broad SMARTS) is 2. The molecule has 14 amide bonds. The highest BCUT2D eigenvalue weighted by atomic mass is 32.2. The topological polar surface area (TPSA) is 625 Å². The molecule has 0 spiro atoms. The molecule has 3 saturated heterocycles. The van der Waals surface area contributed by atoms with Crippen LogP contribution in [0.25, 0.3) is 21.8 Å². The Labute approximate surface area is 768 Å². The zero-order chi connectivity index (χ0) is 96.7. The molecular weight excluding hydrogens is 1730 g/mol. The zero-order valence-electron chi connectivity index (χ0n) is 75.6. The van der Waals surface area contributed by atoms with Crippen molar-refractivity contribution < 1.29 is 106 Å². The number of carboxylic acids is 2. The Balaban J connectivity index is 1.19. The maximum atomic E-state index is 15.8. The van der Waals surface area contributed by atoms with E-state index in [-0.39, 0.29) is 89.6 Å². The van der Waals surface area contributed by atoms with E-state index in [4.69, 9.17) is 27.7 Å². The number of ether oxygens (including phenoxy) is 1. The Kier molecular flexibility index (Phi) is 40.4. The number of unbranched alkanes of at least 4 members (excludes halogenated alkanes) is 2. The summed E-state index contributed by atoms with van der Waals surface area (Å²) < 4.78 is 5.34. The number of H-pyrrole nitrogens is 2. The van der Waals surface area contributed by atoms with Gasteiger partial charge in [0, 0.05) is 132 Å². The number of fused-ring (bicyclic) bond motifs is 4. The molecule has 0 saturated carbocycles. The lowest BCUT2D eigenvalue weighted by Gasteiger charge is -2.36. The van der Waals surface area contributed by atoms with Gasteiger partial charge in [-0.3, -0.25) is 86.3 Å². The number of nitrogens with two attached hydrogens (primary N) is 4. The Morgan fingerprint density at radius 1 is 0.515 bits per heavy atom. The molecule has 21 N–H and O–H groups in total. The minimum absolute atomic E-state index is 0.00310. The van der Waals surface area contributed by atoms with Crippen molar-refractivity contribution in [2.75, 3.05) is 72.5 Å². The highest BCUT2D eigenvalue weighted by Crippen LogP contribution is 2.29. The monoisotopic (exact) mass is 1860 g/mol. The number of nitrogens with zero attached hydrogens (tertiary/aromatic N) is 5. The molecule has 2 aromatic heterocycles. The summed E-state index contributed by atoms with van der Waals surface area (Å²) in [6, 6.07) is 0.625. The Bertz CT molecular complexity index is 4930. The van der Waals surface area contributed by atoms with E-state index >= 15 is 33.6 Å². The van der Waals surface area contributed by atoms with E-state index in [0.717, 1.165) is 36.3 Å². The highest BCUT2D eigenvalue weighted by Gasteiger charge is 2.47. The van der Waals surface area contributed by atoms with E-state index in [1.54, 1.807) is 85.2 Å². The number of aliphatic carboxylic acids is 2. The van der Waals surface area contributed by atoms with Crippen LogP contribution in [0.1, 0.15) is 153 Å². The molecule has 3 aliphatic rings. The molecule has 42 heteroatoms. The molecule has 0 unspecified atom stereocenters. The summed E-state index contributed by atoms with van der Waals surface area (Å²) in [6.45, 7) is 3.55. The molecule has 0 bridgehead atoms. The molecule has 132 heavy (non-hydrogen) atoms. The van der Waals surface area contributed by atoms with Gasteiger partial charge in [-0.15, -0.1) is 11.8 Å². The first kappa shape index (κ1) is 105. The van der Waals surface area contributed by atoms with Crippen molar-refractivity contribution in [1.82, 2.24) is 77.0 Å². The number of ketones is 2. The molecule has 720 valence electrons. The number of nitrogens with one attached hydrogen (secondary N) is 10. The van der Waals surface area contributed by atoms with Crippen molar-refractivity contribution >= 4 is 140 Å². The zero-order valence-corrected chi connectivity index (χ0v) is 76.4. The number of para-hydroxylation sites is 2. The molecule has 3 aromatic carbocycles. The number of aromatic nitrogens is 2. The number of aromatic amines is 2. The largest absolute Gasteiger partial charge is 0.497 e. The number of benzene rings is 3. The molecule has 41 nitrogen and oxygen atoms in total. The molecule has 3 fully saturated rings. The first-order chi connectivity index (χ1) is 62.9. The summed E-state index contributed by atoms with van der Waals surface area (Å²) in [4.78, 5) is 273. The number of aliphatic hydroxyl groups is 1. The van der Waals surface area contributed by atoms with Crippen molar-refractivity contribution in [3.63, 3.8) is 0 Å². The lowest BCUT2D eigenvalue weighted by molar-refractivity contribution is -0.150. The number of amides is 14. The van der Waals surface area contributed by atoms with Gasteiger partial charge in [-0.2, -0.15) is 0 Å². The third kappa shape index (κ3) is 29.0. The van der Waals surface area contributed by atoms with Crippen LogP contribution in [0.3, 0.4) is 0 Å². The van der Waals surface area contributed by atoms with Crippen LogP contribution in [0.5, 0.6) is 5.75 Å². The predicted molar refractivity (Wildman–Crippen MR) is 485 cm³/mol. The van der Waals surface area contributed by atoms with E-state index in [2.05, 4.69) is 52.5 Å². The van der Waals surface area contributed by atoms with E-state index < -0.39 is 261 Å². The minimum Gasteiger partial charge on any atom is -0.497 e. The number of likely N-dealkylation sites (N-methyl/N-ethyl adjacent to an activating group) is 3. The van der Waals surface area contributed by atoms with E-state index in [1.807, 2.05) is 13.8 Å². The van der Waals surface area contributed by atoms with Crippen LogP contribution in [0, 0.1) is 5.92 Å². The van der Waals surface area contributed by atoms with Gasteiger partial charge in [0.15, 0.2) is 11.6 Å². The van der Waals surface area contributed by atoms with Crippen LogP contribution >= 0.6 is 11.8 Å². The van der Waals surface area contributed by atoms with E-state index in [1.165, 1.54) is 35.2 Å². The first-order valence-corrected chi connectivity index (χ1v) is 45.8. The van der Waals surface area contributed by atoms with E-state index in [0.29, 0.717) is 69.9 Å². The van der Waals surface area contributed by atoms with Crippen LogP contribution in [0.15, 0.2) is 85.2 Å². The predicted octanol–water partition coefficient (Wildman–Crippen LogP) is -1.06. The summed E-state index contributed by atoms with van der Waals surface area (Å²) in [6.07, 6.45) is -2.26. The molecule has 5 aromatic rings. The first-order valence-electron chi connectivity index (χ1n) is 44.7. The average Bonchev–Trinajstić information content (AvgIpc) is 1.78. The van der Waals surface area contributed by atoms with E-state index in [9.17, 15) is 68.1 Å². The van der Waals surface area contributed by atoms with Gasteiger partial charge in [0.25, 0.3) is 0 Å². The lowest BCUT2D eigenvalue weighted by atomic mass is 9.91. The van der Waals surface area contributed by atoms with Gasteiger partial charge in [0.05, 0.1) is 43.4 Å². The fraction of sp³-hybridized carbons (Fsp3) is 0.556. The summed E-state index contributed by atoms with van der Waals surface area (Å²) in [5.41, 5.74) is 26.3. The summed E-state index contributed by atoms with van der Waals surface area (Å²) in [7, 11) is 5.40. The van der Waals surface area contributed by atoms with Gasteiger partial charge >= 0.3 is 11.9 Å². The molecule has 15 atom stereocenters. The van der Waals surface area contributed by atoms with Gasteiger partial charge in [0.2, 0.25) is 82.7 Å². The molecule has 0 aliphatic carbocycles. The van der Waals surface area contributed by atoms with Crippen molar-refractivity contribution in [2.45, 2.75) is 240 Å². The number of hydrogen-bond donors (Lipinski definition) is 17. The molecular formula is C90H127N19O22S. The number of primary amides is 1. The minimum atomic E-state index is -1.82. The van der Waals surface area contributed by atoms with Crippen LogP contribution in [-0.2, 0) is 106 Å². The average molecular weight is 1860 g/mol. The van der Waals surface area contributed by atoms with Crippen molar-refractivity contribution in [2.24, 2.45) is 28.9 Å². The van der Waals surface area contributed by atoms with Gasteiger partial charge < -0.3 is 120 Å². The quantitative estimate of drug-likeness (QED) is 0.0284. The normalized spacial score (nSPS) is 25.1. The number of methoxy groups -OCH3 is 1. The van der Waals surface area contributed by atoms with Crippen LogP contribution in [0.2, 0.25) is 0 Å². The van der Waals surface area contributed by atoms with Gasteiger partial charge in [0.1, 0.15) is 72.2 Å². The van der Waals surface area contributed by atoms with Crippen molar-refractivity contribution in [3.05, 3.63) is 102 Å². The number of hydrogen-bond acceptors (Lipinski definition) is 24. The maximum absolute atomic E-state index is 15.8. The maximum Gasteiger partial charge on any atom is 0.304 e. The fourth-order valence-electron chi connectivity index (χ4n) is 16.6. The Morgan fingerprint density at radius 3 is 1.66 bits per heavy atom. The summed E-state index contributed by atoms with van der Waals surface area (Å²) in [5.74, 6) is -19.6. The van der Waals surface area contributed by atoms with Crippen molar-refractivity contribution in [1.29, 1.82) is 0 Å². The SMILES string of the molecule is CCCC[C@H]1C(=O)N(C)[C@@H](CCCC)C(=O)N[C@@H](CCCN)C(=O)N[C@H](C(=O)CCC(N)=O)CSCC(=O)N[C@@H](Cc2ccc(OC)cc2)C(=O)N(C)[C@@H](C)C(=O)N[C@@H](CCN)C(=O)N2CCC[C@H]2C(=O)N[C@@H](CN)C(=O)N[C@@H](CCC(=O)O)C(=O)N2C[C@H](O)C[C@H]2C(=O)N[C@@H](Cc2c[nH]c3ccccc23)C(=O)C[C@@H](CC(=O)O)C(=O)N[C@@H](Cc2c[nH]c3ccccc23)C(=O)N1C. The smallest absolute Gasteiger partial charge is 0.304 e. The second kappa shape index (κ2) is 50.8. The molecule has 3 aliphatic heterocycles. The number of thioether (sulfide) groups is 1. The van der Waals surface area contributed by atoms with Crippen LogP contribution < -0.4 is 70.2 Å². The third-order valence-corrected chi connectivity index (χ3v) is 25.3. The number of rotatable bonds is 28. The standard InChI is InChI=1S/C90H127N19O22S/c1-8-10-23-69-83(123)98-61(22-16-35-91)81(121)104-68(73(111)31-32-75(94)113)48-132-49-76(114)97-65(38-51-26-28-56(131-7)29-27-51)86(126)105(4)50(3)79(119)99-63(34-36-92)88(128)108-37-17-25-70(108)84(124)103-67(44-93)82(122)100-62(30-33-77(115)116)89(129)109-47-55(110)43-72(109)85(125)101-64(39-53-45-95-59-20-14-12-18-57(53)59)74(112)41-52(42-78(117)118)80(120)102-66(40-54-46-96-60-21-15-13-19-58(54)60)87(127)107(6)71(24-11-9-2)90(130)106(69)5/h12-15,18-21,26-29,45-46,50,52,55,61-72,95-96,110H,8-11,16-17,22-25,30-44,47-49,91-93H2,1-7H3,(H2,94,113)(H,97,114)(H,98,123)(H,99,119)(H,100,122)(H,101,125)(H,102,120)(H,103,124)(H,104,121)(H,115,116)(H,117,118)/t50-,52-,55+,61-,62-,63-,64-,65-,66-,67-,68-,69-,70-,71-,72-/m0/s1. The van der Waals surface area contributed by atoms with Gasteiger partial charge in [-0.25, -0.2) is 0 Å². The second-order valence-electron chi connectivity index (χ2n) is 33.7. The van der Waals surface area contributed by atoms with Crippen LogP contribution in [0.4, 0.5) is 0 Å². The fourth-order valence-corrected chi connectivity index (χ4v) is 17.5. The number of carbonyl (C=O) groups is 18. The third-order valence-electron chi connectivity index (χ3n) is 24.3. The lowest BCUT2D eigenvalue weighted by Crippen LogP contribution is -2.61. The molecule has 5 heterocycles. The van der Waals surface area contributed by atoms with Gasteiger partial charge in [-0.1, -0.05) is 88.1 Å². The molecule has 0 radical (unpaired) electrons.